The van der Waals surface area contributed by atoms with Gasteiger partial charge in [-0.25, -0.2) is 14.5 Å². The van der Waals surface area contributed by atoms with Gasteiger partial charge in [0.05, 0.1) is 37.0 Å². The Morgan fingerprint density at radius 2 is 1.58 bits per heavy atom. The molecule has 1 aliphatic heterocycles. The molecule has 2 amide bonds. The van der Waals surface area contributed by atoms with Crippen LogP contribution in [0.4, 0.5) is 10.5 Å². The number of rotatable bonds is 5. The van der Waals surface area contributed by atoms with E-state index in [1.54, 1.807) is 19.1 Å². The van der Waals surface area contributed by atoms with Crippen molar-refractivity contribution in [3.63, 3.8) is 0 Å². The van der Waals surface area contributed by atoms with Crippen LogP contribution in [-0.2, 0) is 0 Å². The van der Waals surface area contributed by atoms with Gasteiger partial charge >= 0.3 is 6.03 Å². The molecule has 9 nitrogen and oxygen atoms in total. The summed E-state index contributed by atoms with van der Waals surface area (Å²) in [5.74, 6) is 1.63. The van der Waals surface area contributed by atoms with Gasteiger partial charge in [0, 0.05) is 31.6 Å². The van der Waals surface area contributed by atoms with Crippen LogP contribution in [0.2, 0.25) is 0 Å². The average Bonchev–Trinajstić information content (AvgIpc) is 3.20. The van der Waals surface area contributed by atoms with Gasteiger partial charge in [0.1, 0.15) is 11.5 Å². The molecule has 3 aromatic rings. The topological polar surface area (TPSA) is 106 Å². The number of carbonyl (C=O) groups excluding carboxylic acids is 1. The lowest BCUT2D eigenvalue weighted by atomic mass is 9.92. The van der Waals surface area contributed by atoms with Crippen molar-refractivity contribution in [2.45, 2.75) is 18.8 Å². The maximum Gasteiger partial charge on any atom is 0.343 e. The van der Waals surface area contributed by atoms with Crippen LogP contribution in [0, 0.1) is 0 Å². The number of carbonyl (C=O) groups is 1. The van der Waals surface area contributed by atoms with Gasteiger partial charge in [0.25, 0.3) is 0 Å². The number of amides is 2. The number of nitrogens with two attached hydrogens (primary N) is 1. The lowest BCUT2D eigenvalue weighted by Gasteiger charge is -2.32. The number of benzene rings is 2. The Morgan fingerprint density at radius 3 is 2.09 bits per heavy atom. The first-order valence-corrected chi connectivity index (χ1v) is 10.8. The highest BCUT2D eigenvalue weighted by molar-refractivity contribution is 5.77. The number of methoxy groups -OCH3 is 2. The minimum absolute atomic E-state index is 0.106. The Kier molecular flexibility index (Phi) is 6.41. The Hall–Kier alpha value is -3.72. The van der Waals surface area contributed by atoms with E-state index in [2.05, 4.69) is 0 Å². The summed E-state index contributed by atoms with van der Waals surface area (Å²) in [6.07, 6.45) is 1.43. The molecule has 33 heavy (non-hydrogen) atoms. The van der Waals surface area contributed by atoms with E-state index < -0.39 is 6.03 Å². The van der Waals surface area contributed by atoms with Crippen molar-refractivity contribution in [1.82, 2.24) is 19.7 Å². The van der Waals surface area contributed by atoms with Crippen LogP contribution < -0.4 is 15.2 Å². The summed E-state index contributed by atoms with van der Waals surface area (Å²) >= 11 is 0. The van der Waals surface area contributed by atoms with Crippen LogP contribution in [0.5, 0.6) is 11.5 Å². The van der Waals surface area contributed by atoms with Crippen LogP contribution in [0.1, 0.15) is 24.5 Å². The van der Waals surface area contributed by atoms with Crippen molar-refractivity contribution in [3.8, 4) is 28.4 Å². The zero-order valence-corrected chi connectivity index (χ0v) is 19.1. The first-order chi connectivity index (χ1) is 15.9. The zero-order valence-electron chi connectivity index (χ0n) is 19.1. The number of urea groups is 1. The fraction of sp³-hybridized carbons (Fsp3) is 0.333. The summed E-state index contributed by atoms with van der Waals surface area (Å²) in [6, 6.07) is 15.0. The van der Waals surface area contributed by atoms with Crippen LogP contribution in [0.3, 0.4) is 0 Å². The molecular formula is C24H29N5O4. The maximum absolute atomic E-state index is 12.1. The third-order valence-electron chi connectivity index (χ3n) is 6.06. The minimum Gasteiger partial charge on any atom is -0.497 e. The third kappa shape index (κ3) is 4.45. The molecule has 3 N–H and O–H groups in total. The molecule has 174 valence electrons. The molecule has 2 aromatic carbocycles. The van der Waals surface area contributed by atoms with E-state index in [1.165, 1.54) is 7.05 Å². The van der Waals surface area contributed by atoms with Crippen LogP contribution in [-0.4, -0.2) is 65.3 Å². The predicted molar refractivity (Wildman–Crippen MR) is 125 cm³/mol. The van der Waals surface area contributed by atoms with Crippen molar-refractivity contribution in [2.24, 2.45) is 0 Å². The summed E-state index contributed by atoms with van der Waals surface area (Å²) in [7, 11) is 4.60. The molecule has 1 fully saturated rings. The monoisotopic (exact) mass is 451 g/mol. The lowest BCUT2D eigenvalue weighted by molar-refractivity contribution is -0.0356. The van der Waals surface area contributed by atoms with Gasteiger partial charge in [-0.15, -0.1) is 0 Å². The summed E-state index contributed by atoms with van der Waals surface area (Å²) in [5, 5.41) is 15.0. The largest absolute Gasteiger partial charge is 0.497 e. The highest BCUT2D eigenvalue weighted by Crippen LogP contribution is 2.39. The molecule has 1 saturated heterocycles. The van der Waals surface area contributed by atoms with Gasteiger partial charge in [0.15, 0.2) is 0 Å². The highest BCUT2D eigenvalue weighted by atomic mass is 16.5. The normalized spacial score (nSPS) is 14.2. The standard InChI is InChI=1S/C24H29N5O4/c1-27(31)24(30)28-14-12-16(13-15-28)22-21(25)23(17-4-8-19(32-2)9-5-17)29(26-22)18-6-10-20(33-3)11-7-18/h4-11,16,31H,12-15,25H2,1-3H3. The number of nitrogens with zero attached hydrogens (tertiary/aromatic N) is 4. The van der Waals surface area contributed by atoms with Crippen molar-refractivity contribution in [2.75, 3.05) is 40.1 Å². The van der Waals surface area contributed by atoms with E-state index in [4.69, 9.17) is 20.3 Å². The highest BCUT2D eigenvalue weighted by Gasteiger charge is 2.30. The summed E-state index contributed by atoms with van der Waals surface area (Å²) in [4.78, 5) is 13.7. The number of hydroxylamine groups is 2. The van der Waals surface area contributed by atoms with Crippen LogP contribution >= 0.6 is 0 Å². The molecule has 0 spiro atoms. The van der Waals surface area contributed by atoms with Gasteiger partial charge in [0.2, 0.25) is 0 Å². The van der Waals surface area contributed by atoms with Crippen molar-refractivity contribution in [3.05, 3.63) is 54.2 Å². The fourth-order valence-corrected chi connectivity index (χ4v) is 4.23. The molecule has 1 aromatic heterocycles. The number of ether oxygens (including phenoxy) is 2. The first-order valence-electron chi connectivity index (χ1n) is 10.8. The number of likely N-dealkylation sites (tertiary alicyclic amines) is 1. The van der Waals surface area contributed by atoms with Gasteiger partial charge in [-0.3, -0.25) is 5.21 Å². The number of hydrogen-bond acceptors (Lipinski definition) is 6. The molecule has 0 bridgehead atoms. The molecule has 0 atom stereocenters. The third-order valence-corrected chi connectivity index (χ3v) is 6.06. The van der Waals surface area contributed by atoms with E-state index in [1.807, 2.05) is 53.2 Å². The second-order valence-electron chi connectivity index (χ2n) is 8.05. The van der Waals surface area contributed by atoms with Gasteiger partial charge in [-0.2, -0.15) is 5.10 Å². The molecule has 0 unspecified atom stereocenters. The Bertz CT molecular complexity index is 1100. The molecule has 4 rings (SSSR count). The molecule has 9 heteroatoms. The van der Waals surface area contributed by atoms with Crippen molar-refractivity contribution >= 4 is 11.7 Å². The number of nitrogen functional groups attached to an aromatic ring is 1. The predicted octanol–water partition coefficient (Wildman–Crippen LogP) is 3.76. The molecule has 2 heterocycles. The Morgan fingerprint density at radius 1 is 1.03 bits per heavy atom. The number of piperidine rings is 1. The van der Waals surface area contributed by atoms with Crippen LogP contribution in [0.25, 0.3) is 16.9 Å². The van der Waals surface area contributed by atoms with Crippen LogP contribution in [0.15, 0.2) is 48.5 Å². The molecule has 0 radical (unpaired) electrons. The number of aromatic nitrogens is 2. The second-order valence-corrected chi connectivity index (χ2v) is 8.05. The SMILES string of the molecule is COc1ccc(-c2c(N)c(C3CCN(C(=O)N(C)O)CC3)nn2-c2ccc(OC)cc2)cc1. The van der Waals surface area contributed by atoms with Crippen molar-refractivity contribution in [1.29, 1.82) is 0 Å². The Labute approximate surface area is 192 Å². The van der Waals surface area contributed by atoms with Crippen molar-refractivity contribution < 1.29 is 19.5 Å². The smallest absolute Gasteiger partial charge is 0.343 e. The number of anilines is 1. The first kappa shape index (κ1) is 22.5. The molecular weight excluding hydrogens is 422 g/mol. The maximum atomic E-state index is 12.1. The second kappa shape index (κ2) is 9.41. The summed E-state index contributed by atoms with van der Waals surface area (Å²) in [6.45, 7) is 1.06. The molecule has 1 aliphatic rings. The molecule has 0 aliphatic carbocycles. The average molecular weight is 452 g/mol. The van der Waals surface area contributed by atoms with E-state index in [0.717, 1.165) is 34.1 Å². The lowest BCUT2D eigenvalue weighted by Crippen LogP contribution is -2.43. The van der Waals surface area contributed by atoms with E-state index in [9.17, 15) is 10.0 Å². The zero-order chi connectivity index (χ0) is 23.5. The summed E-state index contributed by atoms with van der Waals surface area (Å²) in [5.41, 5.74) is 10.8. The van der Waals surface area contributed by atoms with Gasteiger partial charge in [-0.05, 0) is 61.4 Å². The fourth-order valence-electron chi connectivity index (χ4n) is 4.23. The van der Waals surface area contributed by atoms with E-state index in [-0.39, 0.29) is 5.92 Å². The number of hydrogen-bond donors (Lipinski definition) is 2. The minimum atomic E-state index is -0.399. The molecule has 0 saturated carbocycles. The van der Waals surface area contributed by atoms with Gasteiger partial charge in [-0.1, -0.05) is 0 Å². The van der Waals surface area contributed by atoms with E-state index >= 15 is 0 Å². The Balaban J connectivity index is 1.71. The van der Waals surface area contributed by atoms with Gasteiger partial charge < -0.3 is 20.1 Å². The quantitative estimate of drug-likeness (QED) is 0.452. The summed E-state index contributed by atoms with van der Waals surface area (Å²) < 4.78 is 12.5. The van der Waals surface area contributed by atoms with E-state index in [0.29, 0.717) is 36.7 Å².